The minimum absolute atomic E-state index is 0.503. The van der Waals surface area contributed by atoms with Crippen LogP contribution in [-0.2, 0) is 0 Å². The molecule has 0 radical (unpaired) electrons. The lowest BCUT2D eigenvalue weighted by Crippen LogP contribution is -2.35. The van der Waals surface area contributed by atoms with E-state index in [-0.39, 0.29) is 0 Å². The van der Waals surface area contributed by atoms with Gasteiger partial charge in [-0.25, -0.2) is 0 Å². The van der Waals surface area contributed by atoms with Crippen LogP contribution in [0.15, 0.2) is 0 Å². The molecule has 2 aliphatic carbocycles. The van der Waals surface area contributed by atoms with Crippen molar-refractivity contribution in [3.05, 3.63) is 0 Å². The summed E-state index contributed by atoms with van der Waals surface area (Å²) in [5, 5.41) is 0. The fraction of sp³-hybridized carbons (Fsp3) is 1.00. The fourth-order valence-corrected chi connectivity index (χ4v) is 3.31. The van der Waals surface area contributed by atoms with Crippen LogP contribution in [0.4, 0.5) is 0 Å². The van der Waals surface area contributed by atoms with Crippen molar-refractivity contribution >= 4 is 0 Å². The van der Waals surface area contributed by atoms with Crippen LogP contribution in [0.25, 0.3) is 0 Å². The van der Waals surface area contributed by atoms with Gasteiger partial charge in [0.15, 0.2) is 0 Å². The van der Waals surface area contributed by atoms with Gasteiger partial charge in [0.05, 0.1) is 0 Å². The van der Waals surface area contributed by atoms with Gasteiger partial charge in [0.25, 0.3) is 0 Å². The van der Waals surface area contributed by atoms with Crippen LogP contribution in [0.2, 0.25) is 0 Å². The highest BCUT2D eigenvalue weighted by Gasteiger charge is 2.43. The summed E-state index contributed by atoms with van der Waals surface area (Å²) in [5.74, 6) is 1.95. The van der Waals surface area contributed by atoms with Crippen LogP contribution in [0, 0.1) is 17.3 Å². The Kier molecular flexibility index (Phi) is 1.95. The molecule has 0 aromatic carbocycles. The summed E-state index contributed by atoms with van der Waals surface area (Å²) in [6.45, 7) is 4.85. The summed E-state index contributed by atoms with van der Waals surface area (Å²) in [6, 6.07) is 0.503. The zero-order valence-electron chi connectivity index (χ0n) is 8.34. The first-order valence-corrected chi connectivity index (χ1v) is 5.35. The molecule has 3 unspecified atom stereocenters. The maximum absolute atomic E-state index is 6.01. The number of hydrogen-bond acceptors (Lipinski definition) is 1. The lowest BCUT2D eigenvalue weighted by Gasteiger charge is -2.37. The van der Waals surface area contributed by atoms with Gasteiger partial charge in [-0.3, -0.25) is 0 Å². The number of rotatable bonds is 0. The Bertz CT molecular complexity index is 174. The Morgan fingerprint density at radius 1 is 1.17 bits per heavy atom. The summed E-state index contributed by atoms with van der Waals surface area (Å²) >= 11 is 0. The smallest absolute Gasteiger partial charge is 0.00418 e. The summed E-state index contributed by atoms with van der Waals surface area (Å²) in [6.07, 6.45) is 6.85. The molecule has 2 aliphatic rings. The highest BCUT2D eigenvalue weighted by molar-refractivity contribution is 4.95. The van der Waals surface area contributed by atoms with E-state index in [2.05, 4.69) is 13.8 Å². The van der Waals surface area contributed by atoms with Crippen molar-refractivity contribution in [3.63, 3.8) is 0 Å². The van der Waals surface area contributed by atoms with Crippen molar-refractivity contribution in [3.8, 4) is 0 Å². The molecule has 0 amide bonds. The number of nitrogens with two attached hydrogens (primary N) is 1. The van der Waals surface area contributed by atoms with Crippen molar-refractivity contribution in [2.24, 2.45) is 23.0 Å². The van der Waals surface area contributed by atoms with Gasteiger partial charge in [-0.15, -0.1) is 0 Å². The molecular formula is C11H21N. The highest BCUT2D eigenvalue weighted by atomic mass is 14.7. The maximum atomic E-state index is 6.01. The van der Waals surface area contributed by atoms with Crippen molar-refractivity contribution in [1.82, 2.24) is 0 Å². The van der Waals surface area contributed by atoms with Gasteiger partial charge in [-0.2, -0.15) is 0 Å². The Morgan fingerprint density at radius 3 is 2.67 bits per heavy atom. The van der Waals surface area contributed by atoms with Crippen molar-refractivity contribution in [2.75, 3.05) is 0 Å². The summed E-state index contributed by atoms with van der Waals surface area (Å²) in [7, 11) is 0. The topological polar surface area (TPSA) is 26.0 Å². The zero-order valence-corrected chi connectivity index (χ0v) is 8.34. The van der Waals surface area contributed by atoms with E-state index in [1.807, 2.05) is 0 Å². The Hall–Kier alpha value is -0.0400. The fourth-order valence-electron chi connectivity index (χ4n) is 3.31. The molecule has 2 rings (SSSR count). The molecule has 0 saturated heterocycles. The van der Waals surface area contributed by atoms with Gasteiger partial charge >= 0.3 is 0 Å². The van der Waals surface area contributed by atoms with Gasteiger partial charge in [0.2, 0.25) is 0 Å². The first-order chi connectivity index (χ1) is 5.59. The highest BCUT2D eigenvalue weighted by Crippen LogP contribution is 2.52. The second-order valence-corrected chi connectivity index (χ2v) is 5.47. The van der Waals surface area contributed by atoms with Gasteiger partial charge < -0.3 is 5.73 Å². The number of fused-ring (bicyclic) bond motifs is 1. The Morgan fingerprint density at radius 2 is 1.92 bits per heavy atom. The van der Waals surface area contributed by atoms with Crippen LogP contribution < -0.4 is 5.73 Å². The molecule has 1 nitrogen and oxygen atoms in total. The second-order valence-electron chi connectivity index (χ2n) is 5.47. The lowest BCUT2D eigenvalue weighted by molar-refractivity contribution is 0.151. The summed E-state index contributed by atoms with van der Waals surface area (Å²) in [5.41, 5.74) is 6.60. The Labute approximate surface area is 75.7 Å². The van der Waals surface area contributed by atoms with Crippen molar-refractivity contribution in [1.29, 1.82) is 0 Å². The van der Waals surface area contributed by atoms with E-state index in [0.29, 0.717) is 11.5 Å². The van der Waals surface area contributed by atoms with E-state index in [1.54, 1.807) is 0 Å². The molecule has 2 saturated carbocycles. The molecule has 0 heterocycles. The quantitative estimate of drug-likeness (QED) is 0.589. The third-order valence-electron chi connectivity index (χ3n) is 4.20. The molecule has 0 bridgehead atoms. The van der Waals surface area contributed by atoms with Gasteiger partial charge in [0.1, 0.15) is 0 Å². The monoisotopic (exact) mass is 167 g/mol. The average Bonchev–Trinajstić information content (AvgIpc) is 2.28. The molecule has 0 aromatic heterocycles. The van der Waals surface area contributed by atoms with Crippen molar-refractivity contribution in [2.45, 2.75) is 52.0 Å². The molecule has 70 valence electrons. The second kappa shape index (κ2) is 2.73. The minimum Gasteiger partial charge on any atom is -0.328 e. The normalized spacial score (nSPS) is 45.8. The maximum Gasteiger partial charge on any atom is 0.00418 e. The van der Waals surface area contributed by atoms with Crippen LogP contribution in [0.1, 0.15) is 46.0 Å². The van der Waals surface area contributed by atoms with E-state index in [1.165, 1.54) is 32.1 Å². The Balaban J connectivity index is 2.10. The van der Waals surface area contributed by atoms with Gasteiger partial charge in [-0.1, -0.05) is 13.8 Å². The van der Waals surface area contributed by atoms with Crippen molar-refractivity contribution < 1.29 is 0 Å². The molecule has 0 spiro atoms. The molecule has 12 heavy (non-hydrogen) atoms. The van der Waals surface area contributed by atoms with Gasteiger partial charge in [0, 0.05) is 6.04 Å². The molecule has 3 atom stereocenters. The molecule has 0 aromatic rings. The first kappa shape index (κ1) is 8.55. The van der Waals surface area contributed by atoms with E-state index in [4.69, 9.17) is 5.73 Å². The number of hydrogen-bond donors (Lipinski definition) is 1. The zero-order chi connectivity index (χ0) is 8.77. The van der Waals surface area contributed by atoms with Crippen LogP contribution in [0.5, 0.6) is 0 Å². The molecule has 1 heteroatoms. The standard InChI is InChI=1S/C11H21N/c1-11(2)6-5-8-3-4-9(12)7-10(8)11/h8-10H,3-7,12H2,1-2H3. The van der Waals surface area contributed by atoms with Crippen LogP contribution in [0.3, 0.4) is 0 Å². The summed E-state index contributed by atoms with van der Waals surface area (Å²) < 4.78 is 0. The predicted molar refractivity (Wildman–Crippen MR) is 51.8 cm³/mol. The van der Waals surface area contributed by atoms with Gasteiger partial charge in [-0.05, 0) is 49.4 Å². The van der Waals surface area contributed by atoms with E-state index in [9.17, 15) is 0 Å². The summed E-state index contributed by atoms with van der Waals surface area (Å²) in [4.78, 5) is 0. The van der Waals surface area contributed by atoms with E-state index < -0.39 is 0 Å². The van der Waals surface area contributed by atoms with E-state index in [0.717, 1.165) is 11.8 Å². The van der Waals surface area contributed by atoms with Crippen LogP contribution >= 0.6 is 0 Å². The predicted octanol–water partition coefficient (Wildman–Crippen LogP) is 2.55. The molecule has 2 fully saturated rings. The largest absolute Gasteiger partial charge is 0.328 e. The lowest BCUT2D eigenvalue weighted by atomic mass is 9.70. The van der Waals surface area contributed by atoms with E-state index >= 15 is 0 Å². The first-order valence-electron chi connectivity index (χ1n) is 5.35. The third kappa shape index (κ3) is 1.28. The SMILES string of the molecule is CC1(C)CCC2CCC(N)CC21. The van der Waals surface area contributed by atoms with Crippen LogP contribution in [-0.4, -0.2) is 6.04 Å². The molecule has 0 aliphatic heterocycles. The molecule has 2 N–H and O–H groups in total. The molecular weight excluding hydrogens is 146 g/mol. The average molecular weight is 167 g/mol. The third-order valence-corrected chi connectivity index (χ3v) is 4.20. The minimum atomic E-state index is 0.503.